The predicted molar refractivity (Wildman–Crippen MR) is 168 cm³/mol. The van der Waals surface area contributed by atoms with Crippen molar-refractivity contribution in [3.8, 4) is 0 Å². The van der Waals surface area contributed by atoms with Gasteiger partial charge < -0.3 is 15.1 Å². The van der Waals surface area contributed by atoms with Gasteiger partial charge in [-0.15, -0.1) is 0 Å². The number of amides is 3. The van der Waals surface area contributed by atoms with Crippen molar-refractivity contribution in [3.63, 3.8) is 0 Å². The lowest BCUT2D eigenvalue weighted by molar-refractivity contribution is -0.137. The maximum Gasteiger partial charge on any atom is 0.253 e. The van der Waals surface area contributed by atoms with Crippen LogP contribution in [0.5, 0.6) is 0 Å². The van der Waals surface area contributed by atoms with Gasteiger partial charge in [0, 0.05) is 80.3 Å². The maximum absolute atomic E-state index is 14.0. The second kappa shape index (κ2) is 11.4. The molecular weight excluding hydrogens is 544 g/mol. The lowest BCUT2D eigenvalue weighted by Crippen LogP contribution is -2.60. The molecule has 0 spiro atoms. The fraction of sp³-hybridized carbons (Fsp3) is 0.394. The Bertz CT molecular complexity index is 1500. The highest BCUT2D eigenvalue weighted by Crippen LogP contribution is 2.31. The number of imide groups is 1. The number of ketones is 1. The van der Waals surface area contributed by atoms with E-state index in [9.17, 15) is 19.2 Å². The minimum atomic E-state index is -2.15. The summed E-state index contributed by atoms with van der Waals surface area (Å²) < 4.78 is 0. The van der Waals surface area contributed by atoms with E-state index in [1.54, 1.807) is 0 Å². The van der Waals surface area contributed by atoms with Gasteiger partial charge in [-0.2, -0.15) is 0 Å². The summed E-state index contributed by atoms with van der Waals surface area (Å²) in [7, 11) is -2.15. The van der Waals surface area contributed by atoms with Crippen LogP contribution in [-0.4, -0.2) is 75.7 Å². The lowest BCUT2D eigenvalue weighted by Gasteiger charge is -2.39. The van der Waals surface area contributed by atoms with Crippen molar-refractivity contribution in [3.05, 3.63) is 65.3 Å². The summed E-state index contributed by atoms with van der Waals surface area (Å²) in [6, 6.07) is 10.9. The van der Waals surface area contributed by atoms with Gasteiger partial charge in [-0.3, -0.25) is 24.1 Å². The fourth-order valence-corrected chi connectivity index (χ4v) is 9.28. The Morgan fingerprint density at radius 1 is 0.905 bits per heavy atom. The van der Waals surface area contributed by atoms with E-state index >= 15 is 0 Å². The van der Waals surface area contributed by atoms with Gasteiger partial charge in [0.05, 0.1) is 0 Å². The normalized spacial score (nSPS) is 18.7. The van der Waals surface area contributed by atoms with E-state index in [1.807, 2.05) is 6.07 Å². The Hall–Kier alpha value is -3.98. The van der Waals surface area contributed by atoms with Gasteiger partial charge in [0.2, 0.25) is 5.91 Å². The summed E-state index contributed by atoms with van der Waals surface area (Å²) in [4.78, 5) is 55.5. The van der Waals surface area contributed by atoms with Gasteiger partial charge in [-0.25, -0.2) is 0 Å². The van der Waals surface area contributed by atoms with Crippen molar-refractivity contribution in [1.29, 1.82) is 0 Å². The minimum Gasteiger partial charge on any atom is -0.371 e. The number of rotatable bonds is 10. The number of anilines is 2. The molecule has 4 aliphatic rings. The highest BCUT2D eigenvalue weighted by Gasteiger charge is 2.41. The van der Waals surface area contributed by atoms with Gasteiger partial charge in [0.15, 0.2) is 5.78 Å². The molecule has 0 unspecified atom stereocenters. The zero-order chi connectivity index (χ0) is 29.4. The van der Waals surface area contributed by atoms with Crippen LogP contribution < -0.4 is 25.5 Å². The van der Waals surface area contributed by atoms with E-state index in [-0.39, 0.29) is 36.6 Å². The van der Waals surface area contributed by atoms with Gasteiger partial charge in [0.25, 0.3) is 11.8 Å². The molecule has 1 N–H and O–H groups in total. The summed E-state index contributed by atoms with van der Waals surface area (Å²) in [6.45, 7) is 9.40. The van der Waals surface area contributed by atoms with Crippen molar-refractivity contribution in [2.24, 2.45) is 0 Å². The van der Waals surface area contributed by atoms with Crippen LogP contribution in [0.25, 0.3) is 6.08 Å². The number of carbonyl (C=O) groups excluding carboxylic acids is 4. The van der Waals surface area contributed by atoms with Crippen molar-refractivity contribution in [2.75, 3.05) is 49.1 Å². The summed E-state index contributed by atoms with van der Waals surface area (Å²) in [6.07, 6.45) is 10.7. The molecule has 8 nitrogen and oxygen atoms in total. The molecule has 3 amide bonds. The minimum absolute atomic E-state index is 0.107. The molecule has 0 atom stereocenters. The van der Waals surface area contributed by atoms with E-state index in [4.69, 9.17) is 0 Å². The second-order valence-electron chi connectivity index (χ2n) is 12.1. The molecule has 0 bridgehead atoms. The molecule has 4 aliphatic heterocycles. The summed E-state index contributed by atoms with van der Waals surface area (Å²) in [5.41, 5.74) is 5.08. The molecule has 2 saturated heterocycles. The van der Waals surface area contributed by atoms with E-state index in [0.29, 0.717) is 19.3 Å². The van der Waals surface area contributed by atoms with Crippen molar-refractivity contribution in [2.45, 2.75) is 45.2 Å². The number of carbonyl (C=O) groups is 4. The highest BCUT2D eigenvalue weighted by atomic mass is 28.3. The molecule has 6 rings (SSSR count). The Balaban J connectivity index is 1.15. The third kappa shape index (κ3) is 5.22. The van der Waals surface area contributed by atoms with Crippen molar-refractivity contribution in [1.82, 2.24) is 10.2 Å². The van der Waals surface area contributed by atoms with Crippen LogP contribution in [0.2, 0.25) is 13.1 Å². The van der Waals surface area contributed by atoms with E-state index in [0.717, 1.165) is 47.8 Å². The molecule has 2 aromatic rings. The number of nitrogens with zero attached hydrogens (tertiary/aromatic N) is 3. The molecule has 0 saturated carbocycles. The highest BCUT2D eigenvalue weighted by molar-refractivity contribution is 7.02. The Kier molecular flexibility index (Phi) is 7.61. The van der Waals surface area contributed by atoms with Crippen LogP contribution in [0.4, 0.5) is 11.4 Å². The first-order valence-corrected chi connectivity index (χ1v) is 18.1. The zero-order valence-corrected chi connectivity index (χ0v) is 25.4. The number of fused-ring (bicyclic) bond motifs is 2. The topological polar surface area (TPSA) is 90.0 Å². The third-order valence-corrected chi connectivity index (χ3v) is 12.5. The molecule has 9 heteroatoms. The van der Waals surface area contributed by atoms with Gasteiger partial charge in [-0.05, 0) is 72.0 Å². The van der Waals surface area contributed by atoms with Crippen molar-refractivity contribution < 1.29 is 19.2 Å². The summed E-state index contributed by atoms with van der Waals surface area (Å²) in [5.74, 6) is -0.681. The molecule has 0 radical (unpaired) electrons. The van der Waals surface area contributed by atoms with Crippen molar-refractivity contribution >= 4 is 59.4 Å². The average Bonchev–Trinajstić information content (AvgIpc) is 3.22. The first kappa shape index (κ1) is 28.2. The average molecular weight is 583 g/mol. The monoisotopic (exact) mass is 582 g/mol. The number of hydrogen-bond donors (Lipinski definition) is 1. The standard InChI is InChI=1S/C33H38N4O4Si/c1-42(2)27-21-24(35-15-6-16-35)10-11-26(27)33(41)32-23(20-25(22-28(32)42)36-17-7-18-36)8-4-3-5-9-29(38)34-14-19-37-30(39)12-13-31(37)40/h4,8,10-13,20-22H,3,5-7,9,14-19H2,1-2H3,(H,34,38)/b8-4+. The maximum atomic E-state index is 14.0. The van der Waals surface area contributed by atoms with E-state index < -0.39 is 8.07 Å². The molecule has 2 aromatic carbocycles. The Morgan fingerprint density at radius 3 is 2.24 bits per heavy atom. The number of benzene rings is 2. The molecule has 0 aliphatic carbocycles. The number of hydrogen-bond acceptors (Lipinski definition) is 6. The third-order valence-electron chi connectivity index (χ3n) is 9.05. The number of allylic oxidation sites excluding steroid dienone is 1. The predicted octanol–water partition coefficient (Wildman–Crippen LogP) is 2.70. The molecule has 42 heavy (non-hydrogen) atoms. The van der Waals surface area contributed by atoms with Crippen LogP contribution in [0, 0.1) is 0 Å². The molecule has 4 heterocycles. The van der Waals surface area contributed by atoms with Crippen LogP contribution in [-0.2, 0) is 14.4 Å². The largest absolute Gasteiger partial charge is 0.371 e. The lowest BCUT2D eigenvalue weighted by atomic mass is 9.95. The molecule has 218 valence electrons. The summed E-state index contributed by atoms with van der Waals surface area (Å²) >= 11 is 0. The van der Waals surface area contributed by atoms with E-state index in [1.165, 1.54) is 46.7 Å². The quantitative estimate of drug-likeness (QED) is 0.263. The zero-order valence-electron chi connectivity index (χ0n) is 24.4. The Morgan fingerprint density at radius 2 is 1.57 bits per heavy atom. The molecule has 2 fully saturated rings. The summed E-state index contributed by atoms with van der Waals surface area (Å²) in [5, 5.41) is 5.24. The molecular formula is C33H38N4O4Si. The first-order valence-electron chi connectivity index (χ1n) is 15.1. The fourth-order valence-electron chi connectivity index (χ4n) is 6.22. The van der Waals surface area contributed by atoms with Crippen LogP contribution >= 0.6 is 0 Å². The van der Waals surface area contributed by atoms with Crippen LogP contribution in [0.3, 0.4) is 0 Å². The SMILES string of the molecule is C[Si]1(C)c2cc(N3CCC3)ccc2C(=O)c2c(/C=C/CCCC(=O)NCCN3C(=O)C=CC3=O)cc(N3CCC3)cc21. The molecule has 0 aromatic heterocycles. The van der Waals surface area contributed by atoms with Crippen LogP contribution in [0.1, 0.15) is 53.6 Å². The van der Waals surface area contributed by atoms with E-state index in [2.05, 4.69) is 64.6 Å². The van der Waals surface area contributed by atoms with Crippen LogP contribution in [0.15, 0.2) is 48.6 Å². The first-order chi connectivity index (χ1) is 20.2. The smallest absolute Gasteiger partial charge is 0.253 e. The van der Waals surface area contributed by atoms with Gasteiger partial charge >= 0.3 is 0 Å². The number of unbranched alkanes of at least 4 members (excludes halogenated alkanes) is 1. The van der Waals surface area contributed by atoms with Gasteiger partial charge in [0.1, 0.15) is 8.07 Å². The number of nitrogens with one attached hydrogen (secondary N) is 1. The van der Waals surface area contributed by atoms with Gasteiger partial charge in [-0.1, -0.05) is 25.2 Å². The second-order valence-corrected chi connectivity index (χ2v) is 16.5. The Labute approximate surface area is 248 Å².